The van der Waals surface area contributed by atoms with E-state index in [1.165, 1.54) is 19.4 Å². The van der Waals surface area contributed by atoms with Crippen molar-refractivity contribution in [3.05, 3.63) is 40.2 Å². The van der Waals surface area contributed by atoms with Crippen LogP contribution < -0.4 is 10.3 Å². The molecule has 1 fully saturated rings. The van der Waals surface area contributed by atoms with Crippen molar-refractivity contribution in [1.29, 1.82) is 0 Å². The topological polar surface area (TPSA) is 48.6 Å². The summed E-state index contributed by atoms with van der Waals surface area (Å²) in [6.45, 7) is 5.44. The van der Waals surface area contributed by atoms with Gasteiger partial charge in [0, 0.05) is 35.6 Å². The smallest absolute Gasteiger partial charge is 0.252 e. The number of hydrogen-bond acceptors (Lipinski definition) is 4. The Bertz CT molecular complexity index is 756. The Morgan fingerprint density at radius 3 is 2.92 bits per heavy atom. The lowest BCUT2D eigenvalue weighted by molar-refractivity contribution is 0.215. The van der Waals surface area contributed by atoms with Crippen molar-refractivity contribution in [3.8, 4) is 5.75 Å². The predicted molar refractivity (Wildman–Crippen MR) is 97.7 cm³/mol. The summed E-state index contributed by atoms with van der Waals surface area (Å²) in [5.41, 5.74) is 1.66. The van der Waals surface area contributed by atoms with Crippen molar-refractivity contribution in [2.24, 2.45) is 0 Å². The third-order valence-electron chi connectivity index (χ3n) is 4.84. The van der Waals surface area contributed by atoms with Gasteiger partial charge < -0.3 is 19.5 Å². The lowest BCUT2D eigenvalue weighted by Crippen LogP contribution is -2.37. The first-order valence-electron chi connectivity index (χ1n) is 8.74. The van der Waals surface area contributed by atoms with E-state index >= 15 is 0 Å². The average Bonchev–Trinajstić information content (AvgIpc) is 2.94. The molecule has 0 saturated carbocycles. The van der Waals surface area contributed by atoms with Gasteiger partial charge in [0.25, 0.3) is 5.56 Å². The Hall–Kier alpha value is -1.85. The number of nitrogens with zero attached hydrogens (tertiary/aromatic N) is 2. The van der Waals surface area contributed by atoms with Crippen molar-refractivity contribution in [2.45, 2.75) is 32.4 Å². The number of aromatic nitrogens is 1. The molecule has 0 amide bonds. The Morgan fingerprint density at radius 1 is 1.38 bits per heavy atom. The van der Waals surface area contributed by atoms with Crippen LogP contribution in [0, 0.1) is 0 Å². The SMILES string of the molecule is CCOc1ccc2[nH]c(=O)c(CN(C)CC3CCCN3C)cc2c1. The molecule has 2 aromatic rings. The van der Waals surface area contributed by atoms with Crippen LogP contribution in [-0.4, -0.2) is 54.6 Å². The van der Waals surface area contributed by atoms with E-state index in [1.807, 2.05) is 31.2 Å². The number of fused-ring (bicyclic) bond motifs is 1. The fraction of sp³-hybridized carbons (Fsp3) is 0.526. The Balaban J connectivity index is 1.77. The first-order valence-corrected chi connectivity index (χ1v) is 8.74. The van der Waals surface area contributed by atoms with Crippen LogP contribution in [0.15, 0.2) is 29.1 Å². The molecular weight excluding hydrogens is 302 g/mol. The van der Waals surface area contributed by atoms with Gasteiger partial charge in [0.1, 0.15) is 5.75 Å². The fourth-order valence-electron chi connectivity index (χ4n) is 3.53. The number of rotatable bonds is 6. The van der Waals surface area contributed by atoms with Crippen molar-refractivity contribution in [2.75, 3.05) is 33.8 Å². The molecule has 0 spiro atoms. The van der Waals surface area contributed by atoms with E-state index in [4.69, 9.17) is 4.74 Å². The van der Waals surface area contributed by atoms with Crippen LogP contribution in [0.1, 0.15) is 25.3 Å². The van der Waals surface area contributed by atoms with E-state index in [0.29, 0.717) is 19.2 Å². The maximum atomic E-state index is 12.4. The Labute approximate surface area is 143 Å². The van der Waals surface area contributed by atoms with Crippen LogP contribution >= 0.6 is 0 Å². The minimum atomic E-state index is -0.00159. The standard InChI is InChI=1S/C19H27N3O2/c1-4-24-17-7-8-18-14(11-17)10-15(19(23)20-18)12-21(2)13-16-6-5-9-22(16)3/h7-8,10-11,16H,4-6,9,12-13H2,1-3H3,(H,20,23). The second-order valence-electron chi connectivity index (χ2n) is 6.78. The van der Waals surface area contributed by atoms with Crippen LogP contribution in [-0.2, 0) is 6.54 Å². The van der Waals surface area contributed by atoms with Gasteiger partial charge in [-0.25, -0.2) is 0 Å². The van der Waals surface area contributed by atoms with Gasteiger partial charge in [-0.2, -0.15) is 0 Å². The van der Waals surface area contributed by atoms with Gasteiger partial charge in [-0.3, -0.25) is 4.79 Å². The molecule has 1 unspecified atom stereocenters. The quantitative estimate of drug-likeness (QED) is 0.884. The van der Waals surface area contributed by atoms with Crippen LogP contribution in [0.4, 0.5) is 0 Å². The summed E-state index contributed by atoms with van der Waals surface area (Å²) >= 11 is 0. The number of aromatic amines is 1. The lowest BCUT2D eigenvalue weighted by atomic mass is 10.1. The molecule has 0 radical (unpaired) electrons. The summed E-state index contributed by atoms with van der Waals surface area (Å²) < 4.78 is 5.56. The average molecular weight is 329 g/mol. The number of ether oxygens (including phenoxy) is 1. The Morgan fingerprint density at radius 2 is 2.21 bits per heavy atom. The summed E-state index contributed by atoms with van der Waals surface area (Å²) in [7, 11) is 4.27. The molecule has 130 valence electrons. The molecule has 5 nitrogen and oxygen atoms in total. The highest BCUT2D eigenvalue weighted by Crippen LogP contribution is 2.20. The summed E-state index contributed by atoms with van der Waals surface area (Å²) in [4.78, 5) is 20.0. The highest BCUT2D eigenvalue weighted by atomic mass is 16.5. The number of hydrogen-bond donors (Lipinski definition) is 1. The third-order valence-corrected chi connectivity index (χ3v) is 4.84. The maximum Gasteiger partial charge on any atom is 0.252 e. The summed E-state index contributed by atoms with van der Waals surface area (Å²) in [6.07, 6.45) is 2.51. The molecule has 1 saturated heterocycles. The molecule has 5 heteroatoms. The number of nitrogens with one attached hydrogen (secondary N) is 1. The van der Waals surface area contributed by atoms with Gasteiger partial charge in [0.2, 0.25) is 0 Å². The van der Waals surface area contributed by atoms with Crippen LogP contribution in [0.3, 0.4) is 0 Å². The molecule has 1 aliphatic heterocycles. The largest absolute Gasteiger partial charge is 0.494 e. The fourth-order valence-corrected chi connectivity index (χ4v) is 3.53. The zero-order valence-corrected chi connectivity index (χ0v) is 14.8. The number of benzene rings is 1. The van der Waals surface area contributed by atoms with Gasteiger partial charge in [0.15, 0.2) is 0 Å². The molecule has 24 heavy (non-hydrogen) atoms. The van der Waals surface area contributed by atoms with Gasteiger partial charge >= 0.3 is 0 Å². The molecular formula is C19H27N3O2. The number of H-pyrrole nitrogens is 1. The van der Waals surface area contributed by atoms with E-state index < -0.39 is 0 Å². The second-order valence-corrected chi connectivity index (χ2v) is 6.78. The van der Waals surface area contributed by atoms with Crippen LogP contribution in [0.25, 0.3) is 10.9 Å². The highest BCUT2D eigenvalue weighted by molar-refractivity contribution is 5.80. The van der Waals surface area contributed by atoms with E-state index in [-0.39, 0.29) is 5.56 Å². The molecule has 3 rings (SSSR count). The van der Waals surface area contributed by atoms with Crippen molar-refractivity contribution < 1.29 is 4.74 Å². The first kappa shape index (κ1) is 17.0. The monoisotopic (exact) mass is 329 g/mol. The highest BCUT2D eigenvalue weighted by Gasteiger charge is 2.22. The zero-order valence-electron chi connectivity index (χ0n) is 14.8. The lowest BCUT2D eigenvalue weighted by Gasteiger charge is -2.25. The summed E-state index contributed by atoms with van der Waals surface area (Å²) in [5, 5.41) is 1.02. The van der Waals surface area contributed by atoms with Gasteiger partial charge in [-0.05, 0) is 64.7 Å². The summed E-state index contributed by atoms with van der Waals surface area (Å²) in [5.74, 6) is 0.837. The Kier molecular flexibility index (Phi) is 5.21. The summed E-state index contributed by atoms with van der Waals surface area (Å²) in [6, 6.07) is 8.37. The van der Waals surface area contributed by atoms with E-state index in [0.717, 1.165) is 28.8 Å². The number of pyridine rings is 1. The molecule has 1 aromatic heterocycles. The van der Waals surface area contributed by atoms with Crippen molar-refractivity contribution >= 4 is 10.9 Å². The van der Waals surface area contributed by atoms with E-state index in [1.54, 1.807) is 0 Å². The minimum absolute atomic E-state index is 0.00159. The molecule has 1 N–H and O–H groups in total. The minimum Gasteiger partial charge on any atom is -0.494 e. The molecule has 1 aromatic carbocycles. The first-order chi connectivity index (χ1) is 11.6. The van der Waals surface area contributed by atoms with E-state index in [2.05, 4.69) is 28.9 Å². The molecule has 2 heterocycles. The number of likely N-dealkylation sites (N-methyl/N-ethyl adjacent to an activating group) is 2. The number of likely N-dealkylation sites (tertiary alicyclic amines) is 1. The van der Waals surface area contributed by atoms with Crippen LogP contribution in [0.5, 0.6) is 5.75 Å². The molecule has 1 atom stereocenters. The van der Waals surface area contributed by atoms with Crippen molar-refractivity contribution in [3.63, 3.8) is 0 Å². The van der Waals surface area contributed by atoms with Gasteiger partial charge in [0.05, 0.1) is 6.61 Å². The molecule has 0 aliphatic carbocycles. The molecule has 0 bridgehead atoms. The molecule has 1 aliphatic rings. The normalized spacial score (nSPS) is 18.6. The van der Waals surface area contributed by atoms with E-state index in [9.17, 15) is 4.79 Å². The maximum absolute atomic E-state index is 12.4. The second kappa shape index (κ2) is 7.36. The zero-order chi connectivity index (χ0) is 17.1. The third kappa shape index (κ3) is 3.79. The van der Waals surface area contributed by atoms with Gasteiger partial charge in [-0.15, -0.1) is 0 Å². The predicted octanol–water partition coefficient (Wildman–Crippen LogP) is 2.45. The van der Waals surface area contributed by atoms with Gasteiger partial charge in [-0.1, -0.05) is 0 Å². The van der Waals surface area contributed by atoms with Crippen molar-refractivity contribution in [1.82, 2.24) is 14.8 Å². The van der Waals surface area contributed by atoms with Crippen LogP contribution in [0.2, 0.25) is 0 Å².